The number of halogens is 2. The summed E-state index contributed by atoms with van der Waals surface area (Å²) in [5, 5.41) is 2.59. The van der Waals surface area contributed by atoms with Crippen LogP contribution in [-0.4, -0.2) is 30.0 Å². The van der Waals surface area contributed by atoms with Crippen molar-refractivity contribution in [3.8, 4) is 0 Å². The lowest BCUT2D eigenvalue weighted by molar-refractivity contribution is -0.142. The summed E-state index contributed by atoms with van der Waals surface area (Å²) in [7, 11) is 1.24. The third-order valence-electron chi connectivity index (χ3n) is 1.96. The molecule has 1 heterocycles. The zero-order valence-corrected chi connectivity index (χ0v) is 10.7. The van der Waals surface area contributed by atoms with Crippen LogP contribution < -0.4 is 5.32 Å². The second-order valence-corrected chi connectivity index (χ2v) is 3.94. The highest BCUT2D eigenvalue weighted by Gasteiger charge is 2.19. The van der Waals surface area contributed by atoms with Crippen LogP contribution in [-0.2, 0) is 9.53 Å². The smallest absolute Gasteiger partial charge is 0.328 e. The number of hydrogen-bond donors (Lipinski definition) is 1. The normalized spacial score (nSPS) is 11.8. The molecule has 1 rings (SSSR count). The summed E-state index contributed by atoms with van der Waals surface area (Å²) in [6.07, 6.45) is 0. The van der Waals surface area contributed by atoms with Crippen LogP contribution in [0, 0.1) is 0 Å². The Bertz CT molecular complexity index is 451. The first-order valence-electron chi connectivity index (χ1n) is 4.66. The molecule has 0 fully saturated rings. The Morgan fingerprint density at radius 2 is 2.06 bits per heavy atom. The summed E-state index contributed by atoms with van der Waals surface area (Å²) < 4.78 is 4.47. The number of hydrogen-bond acceptors (Lipinski definition) is 4. The Hall–Kier alpha value is -1.33. The zero-order chi connectivity index (χ0) is 13.0. The van der Waals surface area contributed by atoms with E-state index in [0.717, 1.165) is 0 Å². The third-order valence-corrected chi connectivity index (χ3v) is 2.46. The van der Waals surface area contributed by atoms with E-state index in [9.17, 15) is 9.59 Å². The number of carbonyl (C=O) groups excluding carboxylic acids is 2. The average molecular weight is 277 g/mol. The van der Waals surface area contributed by atoms with E-state index in [4.69, 9.17) is 23.2 Å². The molecule has 0 aromatic carbocycles. The summed E-state index contributed by atoms with van der Waals surface area (Å²) in [5.41, 5.74) is 0.145. The molecular formula is C10H10Cl2N2O3. The number of nitrogens with one attached hydrogen (secondary N) is 1. The first kappa shape index (κ1) is 13.7. The highest BCUT2D eigenvalue weighted by atomic mass is 35.5. The van der Waals surface area contributed by atoms with Gasteiger partial charge >= 0.3 is 5.97 Å². The van der Waals surface area contributed by atoms with Gasteiger partial charge in [-0.2, -0.15) is 0 Å². The van der Waals surface area contributed by atoms with Crippen LogP contribution in [0.4, 0.5) is 0 Å². The average Bonchev–Trinajstić information content (AvgIpc) is 2.27. The lowest BCUT2D eigenvalue weighted by Gasteiger charge is -2.11. The highest BCUT2D eigenvalue weighted by molar-refractivity contribution is 6.34. The lowest BCUT2D eigenvalue weighted by Crippen LogP contribution is -2.39. The monoisotopic (exact) mass is 276 g/mol. The molecule has 1 unspecified atom stereocenters. The van der Waals surface area contributed by atoms with E-state index in [-0.39, 0.29) is 15.9 Å². The molecule has 7 heteroatoms. The summed E-state index contributed by atoms with van der Waals surface area (Å²) in [6.45, 7) is 1.50. The van der Waals surface area contributed by atoms with E-state index >= 15 is 0 Å². The standard InChI is InChI=1S/C10H10Cl2N2O3/c1-5(10(16)17-2)13-9(15)6-3-4-7(11)14-8(6)12/h3-5H,1-2H3,(H,13,15). The van der Waals surface area contributed by atoms with Gasteiger partial charge in [-0.05, 0) is 19.1 Å². The zero-order valence-electron chi connectivity index (χ0n) is 9.16. The third kappa shape index (κ3) is 3.57. The van der Waals surface area contributed by atoms with Crippen molar-refractivity contribution < 1.29 is 14.3 Å². The maximum Gasteiger partial charge on any atom is 0.328 e. The van der Waals surface area contributed by atoms with Crippen LogP contribution in [0.25, 0.3) is 0 Å². The number of ether oxygens (including phenoxy) is 1. The molecule has 0 aliphatic heterocycles. The van der Waals surface area contributed by atoms with E-state index in [0.29, 0.717) is 0 Å². The van der Waals surface area contributed by atoms with Gasteiger partial charge in [-0.1, -0.05) is 23.2 Å². The van der Waals surface area contributed by atoms with Gasteiger partial charge in [0, 0.05) is 0 Å². The van der Waals surface area contributed by atoms with E-state index in [2.05, 4.69) is 15.0 Å². The van der Waals surface area contributed by atoms with Crippen molar-refractivity contribution in [3.63, 3.8) is 0 Å². The minimum atomic E-state index is -0.765. The van der Waals surface area contributed by atoms with Crippen LogP contribution >= 0.6 is 23.2 Å². The summed E-state index contributed by atoms with van der Waals surface area (Å²) >= 11 is 11.3. The van der Waals surface area contributed by atoms with Crippen molar-refractivity contribution in [1.82, 2.24) is 10.3 Å². The van der Waals surface area contributed by atoms with Crippen molar-refractivity contribution in [3.05, 3.63) is 28.0 Å². The molecule has 1 amide bonds. The van der Waals surface area contributed by atoms with Crippen molar-refractivity contribution in [2.45, 2.75) is 13.0 Å². The van der Waals surface area contributed by atoms with Gasteiger partial charge in [0.1, 0.15) is 16.3 Å². The van der Waals surface area contributed by atoms with Crippen LogP contribution in [0.3, 0.4) is 0 Å². The maximum absolute atomic E-state index is 11.7. The van der Waals surface area contributed by atoms with Gasteiger partial charge in [0.25, 0.3) is 5.91 Å². The van der Waals surface area contributed by atoms with E-state index in [1.807, 2.05) is 0 Å². The molecule has 92 valence electrons. The van der Waals surface area contributed by atoms with Gasteiger partial charge < -0.3 is 10.1 Å². The minimum absolute atomic E-state index is 0.0212. The summed E-state index contributed by atoms with van der Waals surface area (Å²) in [5.74, 6) is -1.06. The lowest BCUT2D eigenvalue weighted by atomic mass is 10.2. The molecule has 1 aromatic heterocycles. The Morgan fingerprint density at radius 3 is 2.59 bits per heavy atom. The predicted molar refractivity (Wildman–Crippen MR) is 63.2 cm³/mol. The number of methoxy groups -OCH3 is 1. The number of rotatable bonds is 3. The fourth-order valence-corrected chi connectivity index (χ4v) is 1.52. The van der Waals surface area contributed by atoms with Crippen molar-refractivity contribution in [2.24, 2.45) is 0 Å². The molecule has 1 N–H and O–H groups in total. The largest absolute Gasteiger partial charge is 0.467 e. The molecule has 17 heavy (non-hydrogen) atoms. The molecule has 0 aliphatic rings. The molecule has 0 saturated heterocycles. The molecule has 0 radical (unpaired) electrons. The van der Waals surface area contributed by atoms with E-state index in [1.54, 1.807) is 0 Å². The number of pyridine rings is 1. The van der Waals surface area contributed by atoms with E-state index in [1.165, 1.54) is 26.2 Å². The Kier molecular flexibility index (Phi) is 4.72. The maximum atomic E-state index is 11.7. The van der Waals surface area contributed by atoms with Gasteiger partial charge in [-0.3, -0.25) is 4.79 Å². The molecule has 0 spiro atoms. The topological polar surface area (TPSA) is 68.3 Å². The quantitative estimate of drug-likeness (QED) is 0.674. The molecule has 5 nitrogen and oxygen atoms in total. The number of esters is 1. The fraction of sp³-hybridized carbons (Fsp3) is 0.300. The Morgan fingerprint density at radius 1 is 1.41 bits per heavy atom. The van der Waals surface area contributed by atoms with E-state index < -0.39 is 17.9 Å². The van der Waals surface area contributed by atoms with Gasteiger partial charge in [0.2, 0.25) is 0 Å². The molecule has 0 bridgehead atoms. The number of amides is 1. The fourth-order valence-electron chi connectivity index (χ4n) is 1.09. The Labute approximate surface area is 108 Å². The first-order valence-corrected chi connectivity index (χ1v) is 5.42. The second kappa shape index (κ2) is 5.84. The van der Waals surface area contributed by atoms with Gasteiger partial charge in [-0.15, -0.1) is 0 Å². The molecule has 1 aromatic rings. The highest BCUT2D eigenvalue weighted by Crippen LogP contribution is 2.16. The van der Waals surface area contributed by atoms with Gasteiger partial charge in [0.05, 0.1) is 12.7 Å². The van der Waals surface area contributed by atoms with Crippen LogP contribution in [0.1, 0.15) is 17.3 Å². The van der Waals surface area contributed by atoms with Gasteiger partial charge in [-0.25, -0.2) is 9.78 Å². The van der Waals surface area contributed by atoms with Crippen LogP contribution in [0.5, 0.6) is 0 Å². The van der Waals surface area contributed by atoms with Crippen molar-refractivity contribution >= 4 is 35.1 Å². The second-order valence-electron chi connectivity index (χ2n) is 3.19. The molecule has 0 saturated carbocycles. The van der Waals surface area contributed by atoms with Crippen molar-refractivity contribution in [2.75, 3.05) is 7.11 Å². The Balaban J connectivity index is 2.80. The van der Waals surface area contributed by atoms with Crippen LogP contribution in [0.2, 0.25) is 10.3 Å². The first-order chi connectivity index (χ1) is 7.95. The molecular weight excluding hydrogens is 267 g/mol. The van der Waals surface area contributed by atoms with Crippen molar-refractivity contribution in [1.29, 1.82) is 0 Å². The summed E-state index contributed by atoms with van der Waals surface area (Å²) in [6, 6.07) is 2.10. The number of nitrogens with zero attached hydrogens (tertiary/aromatic N) is 1. The van der Waals surface area contributed by atoms with Crippen LogP contribution in [0.15, 0.2) is 12.1 Å². The summed E-state index contributed by atoms with van der Waals surface area (Å²) in [4.78, 5) is 26.6. The molecule has 1 atom stereocenters. The number of aromatic nitrogens is 1. The predicted octanol–water partition coefficient (Wildman–Crippen LogP) is 1.68. The molecule has 0 aliphatic carbocycles. The number of carbonyl (C=O) groups is 2. The SMILES string of the molecule is COC(=O)C(C)NC(=O)c1ccc(Cl)nc1Cl. The minimum Gasteiger partial charge on any atom is -0.467 e. The van der Waals surface area contributed by atoms with Gasteiger partial charge in [0.15, 0.2) is 0 Å².